The number of hydrogen-bond acceptors (Lipinski definition) is 4. The highest BCUT2D eigenvalue weighted by molar-refractivity contribution is 7.13. The number of nitrogens with one attached hydrogen (secondary N) is 2. The molecule has 0 aliphatic rings. The Morgan fingerprint density at radius 3 is 2.75 bits per heavy atom. The highest BCUT2D eigenvalue weighted by Crippen LogP contribution is 2.14. The molecule has 4 nitrogen and oxygen atoms in total. The average Bonchev–Trinajstić information content (AvgIpc) is 2.89. The number of nitrogens with zero attached hydrogens (tertiary/aromatic N) is 1. The van der Waals surface area contributed by atoms with Crippen molar-refractivity contribution in [2.75, 3.05) is 18.9 Å². The molecule has 0 atom stereocenters. The van der Waals surface area contributed by atoms with Gasteiger partial charge in [-0.2, -0.15) is 0 Å². The highest BCUT2D eigenvalue weighted by Gasteiger charge is 2.04. The number of hydrogen-bond donors (Lipinski definition) is 2. The van der Waals surface area contributed by atoms with Crippen molar-refractivity contribution in [3.05, 3.63) is 45.9 Å². The van der Waals surface area contributed by atoms with E-state index >= 15 is 0 Å². The summed E-state index contributed by atoms with van der Waals surface area (Å²) in [5.41, 5.74) is 1.95. The minimum Gasteiger partial charge on any atom is -0.365 e. The Morgan fingerprint density at radius 1 is 1.35 bits per heavy atom. The molecule has 0 bridgehead atoms. The average molecular weight is 310 g/mol. The number of carbonyl (C=O) groups is 1. The fraction of sp³-hybridized carbons (Fsp3) is 0.286. The van der Waals surface area contributed by atoms with E-state index in [0.717, 1.165) is 22.8 Å². The normalized spacial score (nSPS) is 10.3. The molecule has 20 heavy (non-hydrogen) atoms. The lowest BCUT2D eigenvalue weighted by atomic mass is 10.1. The minimum atomic E-state index is 0.0105. The minimum absolute atomic E-state index is 0.0105. The molecule has 1 amide bonds. The lowest BCUT2D eigenvalue weighted by Gasteiger charge is -2.04. The van der Waals surface area contributed by atoms with E-state index in [0.29, 0.717) is 18.0 Å². The summed E-state index contributed by atoms with van der Waals surface area (Å²) in [6.45, 7) is 0.597. The molecule has 2 N–H and O–H groups in total. The van der Waals surface area contributed by atoms with E-state index in [1.54, 1.807) is 23.5 Å². The van der Waals surface area contributed by atoms with Gasteiger partial charge in [-0.05, 0) is 17.7 Å². The van der Waals surface area contributed by atoms with Crippen LogP contribution in [0.15, 0.2) is 29.6 Å². The van der Waals surface area contributed by atoms with Gasteiger partial charge in [0.15, 0.2) is 5.13 Å². The number of aromatic nitrogens is 1. The Bertz CT molecular complexity index is 568. The number of anilines is 1. The summed E-state index contributed by atoms with van der Waals surface area (Å²) in [6.07, 6.45) is 1.11. The van der Waals surface area contributed by atoms with E-state index in [9.17, 15) is 4.79 Å². The maximum atomic E-state index is 11.8. The number of benzene rings is 1. The lowest BCUT2D eigenvalue weighted by molar-refractivity contribution is -0.120. The van der Waals surface area contributed by atoms with Gasteiger partial charge in [0, 0.05) is 30.4 Å². The van der Waals surface area contributed by atoms with Crippen LogP contribution < -0.4 is 10.6 Å². The van der Waals surface area contributed by atoms with Crippen molar-refractivity contribution >= 4 is 34.0 Å². The van der Waals surface area contributed by atoms with Gasteiger partial charge in [-0.15, -0.1) is 11.3 Å². The van der Waals surface area contributed by atoms with E-state index in [-0.39, 0.29) is 5.91 Å². The first-order valence-corrected chi connectivity index (χ1v) is 7.56. The number of halogens is 1. The maximum Gasteiger partial charge on any atom is 0.224 e. The van der Waals surface area contributed by atoms with Gasteiger partial charge in [0.05, 0.1) is 12.1 Å². The van der Waals surface area contributed by atoms with Crippen LogP contribution in [0.25, 0.3) is 0 Å². The third-order valence-electron chi connectivity index (χ3n) is 2.75. The Morgan fingerprint density at radius 2 is 2.10 bits per heavy atom. The molecule has 0 aliphatic carbocycles. The van der Waals surface area contributed by atoms with Crippen LogP contribution in [0.3, 0.4) is 0 Å². The van der Waals surface area contributed by atoms with Crippen molar-refractivity contribution in [3.63, 3.8) is 0 Å². The van der Waals surface area contributed by atoms with Crippen LogP contribution in [0.5, 0.6) is 0 Å². The highest BCUT2D eigenvalue weighted by atomic mass is 35.5. The van der Waals surface area contributed by atoms with E-state index < -0.39 is 0 Å². The fourth-order valence-electron chi connectivity index (χ4n) is 1.72. The molecule has 106 valence electrons. The molecule has 0 unspecified atom stereocenters. The molecule has 2 aromatic rings. The van der Waals surface area contributed by atoms with Crippen molar-refractivity contribution < 1.29 is 4.79 Å². The summed E-state index contributed by atoms with van der Waals surface area (Å²) in [7, 11) is 1.84. The second kappa shape index (κ2) is 7.26. The van der Waals surface area contributed by atoms with Crippen LogP contribution in [0.4, 0.5) is 5.13 Å². The predicted octanol–water partition coefficient (Wildman–Crippen LogP) is 2.74. The van der Waals surface area contributed by atoms with Crippen molar-refractivity contribution in [2.24, 2.45) is 0 Å². The van der Waals surface area contributed by atoms with Crippen molar-refractivity contribution in [2.45, 2.75) is 12.8 Å². The summed E-state index contributed by atoms with van der Waals surface area (Å²) < 4.78 is 0. The number of thiazole rings is 1. The zero-order valence-electron chi connectivity index (χ0n) is 11.1. The molecule has 0 fully saturated rings. The topological polar surface area (TPSA) is 54.0 Å². The van der Waals surface area contributed by atoms with Gasteiger partial charge in [-0.3, -0.25) is 4.79 Å². The maximum absolute atomic E-state index is 11.8. The van der Waals surface area contributed by atoms with E-state index in [4.69, 9.17) is 11.6 Å². The van der Waals surface area contributed by atoms with Crippen LogP contribution in [0.2, 0.25) is 5.02 Å². The first-order chi connectivity index (χ1) is 9.67. The SMILES string of the molecule is CNc1nc(CCNC(=O)Cc2ccc(Cl)cc2)cs1. The third kappa shape index (κ3) is 4.51. The monoisotopic (exact) mass is 309 g/mol. The Kier molecular flexibility index (Phi) is 5.38. The standard InChI is InChI=1S/C14H16ClN3OS/c1-16-14-18-12(9-20-14)6-7-17-13(19)8-10-2-4-11(15)5-3-10/h2-5,9H,6-8H2,1H3,(H,16,18)(H,17,19). The zero-order valence-corrected chi connectivity index (χ0v) is 12.7. The van der Waals surface area contributed by atoms with Gasteiger partial charge in [0.25, 0.3) is 0 Å². The molecule has 0 aliphatic heterocycles. The summed E-state index contributed by atoms with van der Waals surface area (Å²) in [5, 5.41) is 9.46. The van der Waals surface area contributed by atoms with Crippen molar-refractivity contribution in [1.82, 2.24) is 10.3 Å². The summed E-state index contributed by atoms with van der Waals surface area (Å²) in [6, 6.07) is 7.31. The van der Waals surface area contributed by atoms with Crippen LogP contribution in [-0.2, 0) is 17.6 Å². The van der Waals surface area contributed by atoms with Gasteiger partial charge in [-0.25, -0.2) is 4.98 Å². The van der Waals surface area contributed by atoms with Crippen molar-refractivity contribution in [3.8, 4) is 0 Å². The molecule has 6 heteroatoms. The number of carbonyl (C=O) groups excluding carboxylic acids is 1. The van der Waals surface area contributed by atoms with Crippen LogP contribution in [0.1, 0.15) is 11.3 Å². The van der Waals surface area contributed by atoms with Gasteiger partial charge in [0.1, 0.15) is 0 Å². The molecule has 1 aromatic carbocycles. The first kappa shape index (κ1) is 14.8. The quantitative estimate of drug-likeness (QED) is 0.862. The van der Waals surface area contributed by atoms with E-state index in [1.165, 1.54) is 0 Å². The van der Waals surface area contributed by atoms with Crippen LogP contribution >= 0.6 is 22.9 Å². The molecule has 0 radical (unpaired) electrons. The molecular formula is C14H16ClN3OS. The number of amides is 1. The third-order valence-corrected chi connectivity index (χ3v) is 3.91. The summed E-state index contributed by atoms with van der Waals surface area (Å²) in [4.78, 5) is 16.1. The second-order valence-corrected chi connectivity index (χ2v) is 5.59. The van der Waals surface area contributed by atoms with Gasteiger partial charge < -0.3 is 10.6 Å². The molecule has 0 saturated heterocycles. The Hall–Kier alpha value is -1.59. The van der Waals surface area contributed by atoms with E-state index in [2.05, 4.69) is 15.6 Å². The smallest absolute Gasteiger partial charge is 0.224 e. The Balaban J connectivity index is 1.73. The molecule has 0 saturated carbocycles. The second-order valence-electron chi connectivity index (χ2n) is 4.30. The zero-order chi connectivity index (χ0) is 14.4. The summed E-state index contributed by atoms with van der Waals surface area (Å²) in [5.74, 6) is 0.0105. The fourth-order valence-corrected chi connectivity index (χ4v) is 2.55. The van der Waals surface area contributed by atoms with Gasteiger partial charge in [0.2, 0.25) is 5.91 Å². The lowest BCUT2D eigenvalue weighted by Crippen LogP contribution is -2.27. The molecule has 1 heterocycles. The predicted molar refractivity (Wildman–Crippen MR) is 83.5 cm³/mol. The molecule has 0 spiro atoms. The molecule has 1 aromatic heterocycles. The molecule has 2 rings (SSSR count). The first-order valence-electron chi connectivity index (χ1n) is 6.30. The van der Waals surface area contributed by atoms with Crippen molar-refractivity contribution in [1.29, 1.82) is 0 Å². The van der Waals surface area contributed by atoms with Gasteiger partial charge in [-0.1, -0.05) is 23.7 Å². The number of rotatable bonds is 6. The van der Waals surface area contributed by atoms with Crippen LogP contribution in [0, 0.1) is 0 Å². The largest absolute Gasteiger partial charge is 0.365 e. The Labute approximate surface area is 127 Å². The molecular weight excluding hydrogens is 294 g/mol. The van der Waals surface area contributed by atoms with E-state index in [1.807, 2.05) is 24.6 Å². The van der Waals surface area contributed by atoms with Gasteiger partial charge >= 0.3 is 0 Å². The van der Waals surface area contributed by atoms with Crippen LogP contribution in [-0.4, -0.2) is 24.5 Å². The summed E-state index contributed by atoms with van der Waals surface area (Å²) >= 11 is 7.37.